The fourth-order valence-corrected chi connectivity index (χ4v) is 2.27. The molecule has 3 nitrogen and oxygen atoms in total. The first kappa shape index (κ1) is 12.3. The molecule has 2 unspecified atom stereocenters. The van der Waals surface area contributed by atoms with Crippen molar-refractivity contribution in [2.45, 2.75) is 24.5 Å². The van der Waals surface area contributed by atoms with Crippen molar-refractivity contribution < 1.29 is 13.2 Å². The molecule has 1 aliphatic heterocycles. The van der Waals surface area contributed by atoms with Gasteiger partial charge in [0.2, 0.25) is 5.82 Å². The second-order valence-corrected chi connectivity index (χ2v) is 4.49. The molecular weight excluding hydrogens is 254 g/mol. The Kier molecular flexibility index (Phi) is 2.65. The molecule has 7 heteroatoms. The summed E-state index contributed by atoms with van der Waals surface area (Å²) in [6.07, 6.45) is -1.26. The van der Waals surface area contributed by atoms with E-state index in [0.29, 0.717) is 0 Å². The molecule has 0 saturated heterocycles. The topological polar surface area (TPSA) is 30.7 Å². The zero-order valence-electron chi connectivity index (χ0n) is 9.80. The second kappa shape index (κ2) is 4.11. The molecule has 2 heterocycles. The number of nitrogens with zero attached hydrogens (tertiary/aromatic N) is 3. The van der Waals surface area contributed by atoms with E-state index in [1.54, 1.807) is 24.3 Å². The first-order valence-corrected chi connectivity index (χ1v) is 5.79. The number of benzene rings is 1. The van der Waals surface area contributed by atoms with Crippen molar-refractivity contribution in [3.8, 4) is 0 Å². The van der Waals surface area contributed by atoms with Gasteiger partial charge < -0.3 is 0 Å². The Morgan fingerprint density at radius 3 is 2.58 bits per heavy atom. The second-order valence-electron chi connectivity index (χ2n) is 4.49. The van der Waals surface area contributed by atoms with Crippen molar-refractivity contribution in [3.05, 3.63) is 47.5 Å². The van der Waals surface area contributed by atoms with Gasteiger partial charge in [-0.05, 0) is 5.56 Å². The molecular formula is C12H9BF3N3. The van der Waals surface area contributed by atoms with Crippen LogP contribution in [0.25, 0.3) is 0 Å². The molecule has 0 aliphatic carbocycles. The lowest BCUT2D eigenvalue weighted by Gasteiger charge is -2.12. The summed E-state index contributed by atoms with van der Waals surface area (Å²) in [5.41, 5.74) is 0.806. The van der Waals surface area contributed by atoms with Crippen molar-refractivity contribution in [1.29, 1.82) is 0 Å². The van der Waals surface area contributed by atoms with E-state index in [-0.39, 0.29) is 12.2 Å². The van der Waals surface area contributed by atoms with Gasteiger partial charge >= 0.3 is 0 Å². The van der Waals surface area contributed by atoms with E-state index in [2.05, 4.69) is 17.9 Å². The highest BCUT2D eigenvalue weighted by atomic mass is 19.3. The van der Waals surface area contributed by atoms with Crippen molar-refractivity contribution in [1.82, 2.24) is 14.8 Å². The van der Waals surface area contributed by atoms with Crippen molar-refractivity contribution in [3.63, 3.8) is 0 Å². The lowest BCUT2D eigenvalue weighted by molar-refractivity contribution is 0.0826. The summed E-state index contributed by atoms with van der Waals surface area (Å²) in [6.45, 7) is 0. The quantitative estimate of drug-likeness (QED) is 0.779. The van der Waals surface area contributed by atoms with Crippen LogP contribution in [0.15, 0.2) is 30.3 Å². The third-order valence-electron chi connectivity index (χ3n) is 3.15. The molecule has 1 aromatic heterocycles. The maximum atomic E-state index is 13.8. The monoisotopic (exact) mass is 263 g/mol. The molecule has 0 bridgehead atoms. The Hall–Kier alpha value is -1.79. The zero-order valence-corrected chi connectivity index (χ0v) is 9.80. The van der Waals surface area contributed by atoms with Crippen LogP contribution in [0.2, 0.25) is 0 Å². The predicted molar refractivity (Wildman–Crippen MR) is 62.7 cm³/mol. The van der Waals surface area contributed by atoms with E-state index in [4.69, 9.17) is 0 Å². The summed E-state index contributed by atoms with van der Waals surface area (Å²) in [5, 5.41) is 3.66. The average molecular weight is 263 g/mol. The van der Waals surface area contributed by atoms with E-state index < -0.39 is 23.9 Å². The van der Waals surface area contributed by atoms with E-state index >= 15 is 0 Å². The van der Waals surface area contributed by atoms with E-state index in [1.165, 1.54) is 4.68 Å². The van der Waals surface area contributed by atoms with Gasteiger partial charge in [-0.3, -0.25) is 0 Å². The Morgan fingerprint density at radius 2 is 1.95 bits per heavy atom. The van der Waals surface area contributed by atoms with Gasteiger partial charge in [0.1, 0.15) is 0 Å². The summed E-state index contributed by atoms with van der Waals surface area (Å²) >= 11 is 0. The first-order chi connectivity index (χ1) is 8.97. The summed E-state index contributed by atoms with van der Waals surface area (Å²) in [5.74, 6) is -4.59. The Balaban J connectivity index is 2.04. The molecule has 3 rings (SSSR count). The minimum atomic E-state index is -3.65. The molecule has 0 spiro atoms. The fourth-order valence-electron chi connectivity index (χ4n) is 2.27. The standard InChI is InChI=1S/C12H9BF3N3/c13-12(15,16)11-17-10-8(14)6-9(19(10)18-11)7-4-2-1-3-5-7/h1-5,8-9H,6H2. The van der Waals surface area contributed by atoms with Crippen LogP contribution in [0.4, 0.5) is 13.2 Å². The lowest BCUT2D eigenvalue weighted by atomic mass is 9.98. The number of fused-ring (bicyclic) bond motifs is 1. The molecule has 2 atom stereocenters. The van der Waals surface area contributed by atoms with Gasteiger partial charge in [0.15, 0.2) is 19.8 Å². The molecule has 2 radical (unpaired) electrons. The highest BCUT2D eigenvalue weighted by Crippen LogP contribution is 2.40. The largest absolute Gasteiger partial charge is 0.258 e. The zero-order chi connectivity index (χ0) is 13.6. The molecule has 1 aromatic carbocycles. The highest BCUT2D eigenvalue weighted by Gasteiger charge is 2.39. The van der Waals surface area contributed by atoms with Crippen LogP contribution in [0.5, 0.6) is 0 Å². The number of aromatic nitrogens is 3. The number of halogens is 3. The molecule has 19 heavy (non-hydrogen) atoms. The summed E-state index contributed by atoms with van der Waals surface area (Å²) < 4.78 is 41.0. The molecule has 0 fully saturated rings. The number of rotatable bonds is 2. The maximum absolute atomic E-state index is 13.8. The summed E-state index contributed by atoms with van der Waals surface area (Å²) in [7, 11) is 4.65. The van der Waals surface area contributed by atoms with Crippen LogP contribution >= 0.6 is 0 Å². The highest BCUT2D eigenvalue weighted by molar-refractivity contribution is 6.12. The molecule has 1 aliphatic rings. The Bertz CT molecular complexity index is 594. The Morgan fingerprint density at radius 1 is 1.26 bits per heavy atom. The van der Waals surface area contributed by atoms with Crippen LogP contribution in [0, 0.1) is 0 Å². The lowest BCUT2D eigenvalue weighted by Crippen LogP contribution is -2.17. The summed E-state index contributed by atoms with van der Waals surface area (Å²) in [6, 6.07) is 8.61. The van der Waals surface area contributed by atoms with Crippen LogP contribution < -0.4 is 0 Å². The number of alkyl halides is 3. The van der Waals surface area contributed by atoms with Gasteiger partial charge in [-0.25, -0.2) is 22.8 Å². The van der Waals surface area contributed by atoms with E-state index in [9.17, 15) is 13.2 Å². The van der Waals surface area contributed by atoms with Crippen molar-refractivity contribution >= 4 is 7.85 Å². The number of hydrogen-bond acceptors (Lipinski definition) is 2. The van der Waals surface area contributed by atoms with Crippen LogP contribution in [-0.4, -0.2) is 22.6 Å². The molecule has 0 amide bonds. The van der Waals surface area contributed by atoms with Gasteiger partial charge in [-0.15, -0.1) is 5.10 Å². The van der Waals surface area contributed by atoms with Gasteiger partial charge in [-0.1, -0.05) is 30.3 Å². The minimum Gasteiger partial charge on any atom is -0.239 e. The third-order valence-corrected chi connectivity index (χ3v) is 3.15. The Labute approximate surface area is 108 Å². The SMILES string of the molecule is [B]C(F)(F)c1nc2n(n1)C(c1ccccc1)CC2F. The van der Waals surface area contributed by atoms with Crippen LogP contribution in [0.3, 0.4) is 0 Å². The fraction of sp³-hybridized carbons (Fsp3) is 0.333. The first-order valence-electron chi connectivity index (χ1n) is 5.79. The van der Waals surface area contributed by atoms with Crippen LogP contribution in [-0.2, 0) is 5.82 Å². The van der Waals surface area contributed by atoms with Crippen molar-refractivity contribution in [2.75, 3.05) is 0 Å². The average Bonchev–Trinajstić information content (AvgIpc) is 2.91. The normalized spacial score (nSPS) is 22.5. The van der Waals surface area contributed by atoms with Gasteiger partial charge in [0.25, 0.3) is 5.82 Å². The predicted octanol–water partition coefficient (Wildman–Crippen LogP) is 2.50. The summed E-state index contributed by atoms with van der Waals surface area (Å²) in [4.78, 5) is 3.52. The maximum Gasteiger partial charge on any atom is 0.258 e. The van der Waals surface area contributed by atoms with E-state index in [1.807, 2.05) is 6.07 Å². The van der Waals surface area contributed by atoms with Gasteiger partial charge in [-0.2, -0.15) is 0 Å². The molecule has 0 saturated carbocycles. The smallest absolute Gasteiger partial charge is 0.239 e. The molecule has 96 valence electrons. The van der Waals surface area contributed by atoms with Gasteiger partial charge in [0, 0.05) is 6.42 Å². The minimum absolute atomic E-state index is 0.0889. The van der Waals surface area contributed by atoms with Crippen molar-refractivity contribution in [2.24, 2.45) is 0 Å². The molecule has 2 aromatic rings. The van der Waals surface area contributed by atoms with Gasteiger partial charge in [0.05, 0.1) is 6.04 Å². The molecule has 0 N–H and O–H groups in total. The van der Waals surface area contributed by atoms with E-state index in [0.717, 1.165) is 5.56 Å². The number of hydrogen-bond donors (Lipinski definition) is 0. The van der Waals surface area contributed by atoms with Crippen LogP contribution in [0.1, 0.15) is 35.8 Å². The third kappa shape index (κ3) is 2.03.